The first-order valence-corrected chi connectivity index (χ1v) is 17.5. The highest BCUT2D eigenvalue weighted by Crippen LogP contribution is 2.37. The van der Waals surface area contributed by atoms with E-state index in [1.807, 2.05) is 18.2 Å². The van der Waals surface area contributed by atoms with E-state index in [-0.39, 0.29) is 0 Å². The number of fused-ring (bicyclic) bond motifs is 1. The fraction of sp³-hybridized carbons (Fsp3) is 0. The third-order valence-corrected chi connectivity index (χ3v) is 9.56. The summed E-state index contributed by atoms with van der Waals surface area (Å²) >= 11 is 0. The van der Waals surface area contributed by atoms with Crippen molar-refractivity contribution in [3.8, 4) is 78.7 Å². The van der Waals surface area contributed by atoms with Crippen LogP contribution in [0.1, 0.15) is 0 Å². The minimum atomic E-state index is 0.625. The molecule has 0 fully saturated rings. The molecule has 52 heavy (non-hydrogen) atoms. The first-order valence-electron chi connectivity index (χ1n) is 17.5. The lowest BCUT2D eigenvalue weighted by Gasteiger charge is -2.15. The van der Waals surface area contributed by atoms with E-state index in [1.165, 1.54) is 21.9 Å². The highest BCUT2D eigenvalue weighted by molar-refractivity contribution is 5.92. The zero-order valence-corrected chi connectivity index (χ0v) is 28.4. The first kappa shape index (κ1) is 31.0. The van der Waals surface area contributed by atoms with E-state index in [1.54, 1.807) is 0 Å². The summed E-state index contributed by atoms with van der Waals surface area (Å²) in [5.41, 5.74) is 11.8. The Morgan fingerprint density at radius 1 is 0.212 bits per heavy atom. The molecule has 3 heteroatoms. The van der Waals surface area contributed by atoms with E-state index < -0.39 is 0 Å². The van der Waals surface area contributed by atoms with E-state index in [4.69, 9.17) is 15.0 Å². The third kappa shape index (κ3) is 6.28. The van der Waals surface area contributed by atoms with Crippen molar-refractivity contribution in [3.63, 3.8) is 0 Å². The molecule has 244 valence electrons. The Kier molecular flexibility index (Phi) is 8.20. The predicted octanol–water partition coefficient (Wildman–Crippen LogP) is 12.7. The summed E-state index contributed by atoms with van der Waals surface area (Å²) in [5.74, 6) is 1.88. The van der Waals surface area contributed by atoms with Crippen molar-refractivity contribution in [1.29, 1.82) is 0 Å². The average Bonchev–Trinajstić information content (AvgIpc) is 3.24. The molecule has 1 heterocycles. The molecule has 0 saturated carbocycles. The number of benzene rings is 8. The molecule has 0 saturated heterocycles. The van der Waals surface area contributed by atoms with Gasteiger partial charge in [0.15, 0.2) is 17.5 Å². The number of hydrogen-bond acceptors (Lipinski definition) is 3. The number of hydrogen-bond donors (Lipinski definition) is 0. The smallest absolute Gasteiger partial charge is 0.164 e. The van der Waals surface area contributed by atoms with Gasteiger partial charge in [-0.05, 0) is 67.4 Å². The number of nitrogens with zero attached hydrogens (tertiary/aromatic N) is 3. The maximum absolute atomic E-state index is 5.23. The molecule has 0 bridgehead atoms. The summed E-state index contributed by atoms with van der Waals surface area (Å²) in [4.78, 5) is 15.6. The Balaban J connectivity index is 1.23. The summed E-state index contributed by atoms with van der Waals surface area (Å²) in [7, 11) is 0. The van der Waals surface area contributed by atoms with Gasteiger partial charge < -0.3 is 0 Å². The van der Waals surface area contributed by atoms with Crippen molar-refractivity contribution < 1.29 is 0 Å². The van der Waals surface area contributed by atoms with Crippen LogP contribution in [-0.2, 0) is 0 Å². The lowest BCUT2D eigenvalue weighted by atomic mass is 9.93. The summed E-state index contributed by atoms with van der Waals surface area (Å²) in [6.07, 6.45) is 0. The zero-order chi connectivity index (χ0) is 34.7. The van der Waals surface area contributed by atoms with E-state index in [2.05, 4.69) is 182 Å². The quantitative estimate of drug-likeness (QED) is 0.170. The molecule has 0 aliphatic carbocycles. The normalized spacial score (nSPS) is 11.1. The van der Waals surface area contributed by atoms with Gasteiger partial charge in [0, 0.05) is 16.7 Å². The Morgan fingerprint density at radius 2 is 0.596 bits per heavy atom. The van der Waals surface area contributed by atoms with Gasteiger partial charge in [-0.1, -0.05) is 188 Å². The van der Waals surface area contributed by atoms with Crippen LogP contribution >= 0.6 is 0 Å². The van der Waals surface area contributed by atoms with Crippen molar-refractivity contribution in [2.45, 2.75) is 0 Å². The second-order valence-electron chi connectivity index (χ2n) is 12.9. The predicted molar refractivity (Wildman–Crippen MR) is 215 cm³/mol. The van der Waals surface area contributed by atoms with Crippen LogP contribution in [0.5, 0.6) is 0 Å². The van der Waals surface area contributed by atoms with Crippen LogP contribution in [0.4, 0.5) is 0 Å². The third-order valence-electron chi connectivity index (χ3n) is 9.56. The molecule has 0 amide bonds. The van der Waals surface area contributed by atoms with Crippen LogP contribution in [0.15, 0.2) is 200 Å². The molecule has 1 aromatic heterocycles. The standard InChI is InChI=1S/C49H33N3/c1-4-12-34(13-5-1)38-20-25-40(26-21-38)47-50-48(41-27-22-39(23-28-41)35-14-6-2-7-15-35)52-49(51-47)46-33-43(36-16-8-3-9-17-36)30-31-45(46)44-29-24-37-18-10-11-19-42(37)32-44/h1-33H. The average molecular weight is 664 g/mol. The van der Waals surface area contributed by atoms with Crippen molar-refractivity contribution in [2.24, 2.45) is 0 Å². The molecule has 0 aliphatic rings. The van der Waals surface area contributed by atoms with Crippen LogP contribution < -0.4 is 0 Å². The fourth-order valence-electron chi connectivity index (χ4n) is 6.79. The first-order chi connectivity index (χ1) is 25.7. The number of aromatic nitrogens is 3. The van der Waals surface area contributed by atoms with Gasteiger partial charge in [-0.25, -0.2) is 15.0 Å². The van der Waals surface area contributed by atoms with Gasteiger partial charge >= 0.3 is 0 Å². The fourth-order valence-corrected chi connectivity index (χ4v) is 6.79. The molecule has 0 atom stereocenters. The maximum Gasteiger partial charge on any atom is 0.164 e. The molecule has 9 rings (SSSR count). The molecule has 0 spiro atoms. The van der Waals surface area contributed by atoms with E-state index in [0.717, 1.165) is 50.1 Å². The van der Waals surface area contributed by atoms with Gasteiger partial charge in [-0.15, -0.1) is 0 Å². The topological polar surface area (TPSA) is 38.7 Å². The Labute approximate surface area is 303 Å². The molecule has 0 radical (unpaired) electrons. The second kappa shape index (κ2) is 13.7. The van der Waals surface area contributed by atoms with Gasteiger partial charge in [0.1, 0.15) is 0 Å². The van der Waals surface area contributed by atoms with Crippen molar-refractivity contribution in [1.82, 2.24) is 15.0 Å². The van der Waals surface area contributed by atoms with Crippen LogP contribution in [0.2, 0.25) is 0 Å². The van der Waals surface area contributed by atoms with E-state index in [9.17, 15) is 0 Å². The SMILES string of the molecule is c1ccc(-c2ccc(-c3nc(-c4ccc(-c5ccccc5)cc4)nc(-c4cc(-c5ccccc5)ccc4-c4ccc5ccccc5c4)n3)cc2)cc1. The van der Waals surface area contributed by atoms with Gasteiger partial charge in [0.05, 0.1) is 0 Å². The van der Waals surface area contributed by atoms with E-state index in [0.29, 0.717) is 17.5 Å². The van der Waals surface area contributed by atoms with Gasteiger partial charge in [-0.2, -0.15) is 0 Å². The Hall–Kier alpha value is -6.97. The maximum atomic E-state index is 5.23. The largest absolute Gasteiger partial charge is 0.208 e. The lowest BCUT2D eigenvalue weighted by Crippen LogP contribution is -2.01. The monoisotopic (exact) mass is 663 g/mol. The lowest BCUT2D eigenvalue weighted by molar-refractivity contribution is 1.07. The molecular weight excluding hydrogens is 631 g/mol. The molecule has 0 N–H and O–H groups in total. The summed E-state index contributed by atoms with van der Waals surface area (Å²) in [5, 5.41) is 2.39. The molecule has 0 unspecified atom stereocenters. The van der Waals surface area contributed by atoms with Gasteiger partial charge in [0.2, 0.25) is 0 Å². The summed E-state index contributed by atoms with van der Waals surface area (Å²) in [6, 6.07) is 70.0. The van der Waals surface area contributed by atoms with Crippen LogP contribution in [-0.4, -0.2) is 15.0 Å². The number of rotatable bonds is 7. The van der Waals surface area contributed by atoms with Gasteiger partial charge in [-0.3, -0.25) is 0 Å². The summed E-state index contributed by atoms with van der Waals surface area (Å²) in [6.45, 7) is 0. The van der Waals surface area contributed by atoms with Crippen molar-refractivity contribution in [2.75, 3.05) is 0 Å². The Bertz CT molecular complexity index is 2530. The highest BCUT2D eigenvalue weighted by atomic mass is 15.0. The highest BCUT2D eigenvalue weighted by Gasteiger charge is 2.18. The van der Waals surface area contributed by atoms with Crippen LogP contribution in [0.3, 0.4) is 0 Å². The van der Waals surface area contributed by atoms with Gasteiger partial charge in [0.25, 0.3) is 0 Å². The second-order valence-corrected chi connectivity index (χ2v) is 12.9. The minimum absolute atomic E-state index is 0.625. The molecule has 0 aliphatic heterocycles. The van der Waals surface area contributed by atoms with E-state index >= 15 is 0 Å². The molecular formula is C49H33N3. The molecule has 8 aromatic carbocycles. The van der Waals surface area contributed by atoms with Crippen molar-refractivity contribution >= 4 is 10.8 Å². The molecule has 9 aromatic rings. The molecule has 3 nitrogen and oxygen atoms in total. The van der Waals surface area contributed by atoms with Crippen LogP contribution in [0.25, 0.3) is 89.4 Å². The van der Waals surface area contributed by atoms with Crippen LogP contribution in [0, 0.1) is 0 Å². The Morgan fingerprint density at radius 3 is 1.13 bits per heavy atom. The minimum Gasteiger partial charge on any atom is -0.208 e. The van der Waals surface area contributed by atoms with Crippen molar-refractivity contribution in [3.05, 3.63) is 200 Å². The zero-order valence-electron chi connectivity index (χ0n) is 28.4. The summed E-state index contributed by atoms with van der Waals surface area (Å²) < 4.78 is 0.